The fraction of sp³-hybridized carbons (Fsp3) is 0.542. The molecule has 1 aromatic heterocycles. The maximum Gasteiger partial charge on any atom is 0.0691 e. The van der Waals surface area contributed by atoms with E-state index in [4.69, 9.17) is 21.3 Å². The molecule has 2 aromatic rings. The molecular weight excluding hydrogens is 368 g/mol. The Kier molecular flexibility index (Phi) is 6.35. The molecule has 4 rings (SSSR count). The zero-order valence-corrected chi connectivity index (χ0v) is 17.4. The number of benzene rings is 1. The van der Waals surface area contributed by atoms with Gasteiger partial charge in [-0.25, -0.2) is 0 Å². The smallest absolute Gasteiger partial charge is 0.0691 e. The third-order valence-corrected chi connectivity index (χ3v) is 6.87. The molecule has 0 amide bonds. The number of rotatable bonds is 7. The SMILES string of the molecule is Clc1cccc(CCNCCC2(c3ccccn3)CCOC3(CCCC3)C2)c1. The molecule has 0 bridgehead atoms. The van der Waals surface area contributed by atoms with Crippen LogP contribution in [-0.2, 0) is 16.6 Å². The Morgan fingerprint density at radius 1 is 1.04 bits per heavy atom. The second-order valence-corrected chi connectivity index (χ2v) is 8.98. The molecule has 1 aliphatic heterocycles. The molecule has 1 saturated heterocycles. The van der Waals surface area contributed by atoms with Gasteiger partial charge in [0.1, 0.15) is 0 Å². The topological polar surface area (TPSA) is 34.2 Å². The Morgan fingerprint density at radius 3 is 2.71 bits per heavy atom. The second-order valence-electron chi connectivity index (χ2n) is 8.54. The fourth-order valence-electron chi connectivity index (χ4n) is 5.17. The van der Waals surface area contributed by atoms with Crippen molar-refractivity contribution in [1.29, 1.82) is 0 Å². The number of nitrogens with one attached hydrogen (secondary N) is 1. The van der Waals surface area contributed by atoms with Gasteiger partial charge in [-0.1, -0.05) is 42.6 Å². The maximum atomic E-state index is 6.34. The number of aromatic nitrogens is 1. The minimum Gasteiger partial charge on any atom is -0.375 e. The molecule has 3 nitrogen and oxygen atoms in total. The summed E-state index contributed by atoms with van der Waals surface area (Å²) in [5.74, 6) is 0. The van der Waals surface area contributed by atoms with Crippen LogP contribution in [0.1, 0.15) is 56.2 Å². The van der Waals surface area contributed by atoms with Crippen LogP contribution in [0.5, 0.6) is 0 Å². The first kappa shape index (κ1) is 19.9. The lowest BCUT2D eigenvalue weighted by Crippen LogP contribution is -2.47. The van der Waals surface area contributed by atoms with E-state index < -0.39 is 0 Å². The van der Waals surface area contributed by atoms with E-state index in [1.54, 1.807) is 0 Å². The maximum absolute atomic E-state index is 6.34. The highest BCUT2D eigenvalue weighted by atomic mass is 35.5. The molecule has 1 aliphatic carbocycles. The van der Waals surface area contributed by atoms with Crippen molar-refractivity contribution in [2.24, 2.45) is 0 Å². The molecule has 1 aromatic carbocycles. The monoisotopic (exact) mass is 398 g/mol. The summed E-state index contributed by atoms with van der Waals surface area (Å²) >= 11 is 6.09. The molecule has 4 heteroatoms. The highest BCUT2D eigenvalue weighted by Crippen LogP contribution is 2.49. The molecule has 0 radical (unpaired) electrons. The number of pyridine rings is 1. The van der Waals surface area contributed by atoms with E-state index in [0.29, 0.717) is 0 Å². The predicted octanol–water partition coefficient (Wildman–Crippen LogP) is 5.32. The number of nitrogens with zero attached hydrogens (tertiary/aromatic N) is 1. The molecule has 1 unspecified atom stereocenters. The van der Waals surface area contributed by atoms with Gasteiger partial charge in [0.25, 0.3) is 0 Å². The van der Waals surface area contributed by atoms with E-state index in [2.05, 4.69) is 29.6 Å². The predicted molar refractivity (Wildman–Crippen MR) is 115 cm³/mol. The largest absolute Gasteiger partial charge is 0.375 e. The summed E-state index contributed by atoms with van der Waals surface area (Å²) in [6, 6.07) is 14.5. The minimum atomic E-state index is 0.0938. The van der Waals surface area contributed by atoms with Crippen molar-refractivity contribution < 1.29 is 4.74 Å². The quantitative estimate of drug-likeness (QED) is 0.641. The van der Waals surface area contributed by atoms with Crippen LogP contribution in [0.2, 0.25) is 5.02 Å². The number of hydrogen-bond donors (Lipinski definition) is 1. The lowest BCUT2D eigenvalue weighted by molar-refractivity contribution is -0.104. The van der Waals surface area contributed by atoms with Gasteiger partial charge in [0.15, 0.2) is 0 Å². The standard InChI is InChI=1S/C24H31ClN2O/c25-21-7-5-6-20(18-21)9-15-26-16-12-23(22-8-1-4-14-27-22)13-17-28-24(19-23)10-2-3-11-24/h1,4-8,14,18,26H,2-3,9-13,15-17,19H2. The van der Waals surface area contributed by atoms with E-state index >= 15 is 0 Å². The summed E-state index contributed by atoms with van der Waals surface area (Å²) in [4.78, 5) is 4.79. The Morgan fingerprint density at radius 2 is 1.93 bits per heavy atom. The zero-order valence-electron chi connectivity index (χ0n) is 16.6. The van der Waals surface area contributed by atoms with Gasteiger partial charge in [-0.05, 0) is 81.4 Å². The van der Waals surface area contributed by atoms with Gasteiger partial charge in [0.2, 0.25) is 0 Å². The summed E-state index contributed by atoms with van der Waals surface area (Å²) < 4.78 is 6.34. The van der Waals surface area contributed by atoms with E-state index in [1.807, 2.05) is 24.4 Å². The van der Waals surface area contributed by atoms with Gasteiger partial charge in [0, 0.05) is 28.9 Å². The lowest BCUT2D eigenvalue weighted by atomic mass is 9.68. The lowest BCUT2D eigenvalue weighted by Gasteiger charge is -2.46. The van der Waals surface area contributed by atoms with Crippen molar-refractivity contribution in [3.8, 4) is 0 Å². The molecule has 2 aliphatic rings. The number of ether oxygens (including phenoxy) is 1. The van der Waals surface area contributed by atoms with E-state index in [1.165, 1.54) is 36.9 Å². The summed E-state index contributed by atoms with van der Waals surface area (Å²) in [5.41, 5.74) is 2.76. The normalized spacial score (nSPS) is 23.9. The third kappa shape index (κ3) is 4.59. The van der Waals surface area contributed by atoms with E-state index in [-0.39, 0.29) is 11.0 Å². The summed E-state index contributed by atoms with van der Waals surface area (Å²) in [7, 11) is 0. The second kappa shape index (κ2) is 8.94. The molecule has 28 heavy (non-hydrogen) atoms. The summed E-state index contributed by atoms with van der Waals surface area (Å²) in [6.45, 7) is 2.84. The average molecular weight is 399 g/mol. The highest BCUT2D eigenvalue weighted by molar-refractivity contribution is 6.30. The van der Waals surface area contributed by atoms with Crippen molar-refractivity contribution in [1.82, 2.24) is 10.3 Å². The first-order chi connectivity index (χ1) is 13.7. The summed E-state index contributed by atoms with van der Waals surface area (Å²) in [5, 5.41) is 4.48. The third-order valence-electron chi connectivity index (χ3n) is 6.63. The number of halogens is 1. The van der Waals surface area contributed by atoms with Crippen LogP contribution < -0.4 is 5.32 Å². The minimum absolute atomic E-state index is 0.0938. The molecule has 1 saturated carbocycles. The van der Waals surface area contributed by atoms with Gasteiger partial charge in [-0.2, -0.15) is 0 Å². The molecule has 2 heterocycles. The van der Waals surface area contributed by atoms with E-state index in [9.17, 15) is 0 Å². The van der Waals surface area contributed by atoms with Gasteiger partial charge in [0.05, 0.1) is 5.60 Å². The number of hydrogen-bond acceptors (Lipinski definition) is 3. The van der Waals surface area contributed by atoms with Gasteiger partial charge in [-0.15, -0.1) is 0 Å². The van der Waals surface area contributed by atoms with Crippen LogP contribution in [0.3, 0.4) is 0 Å². The Labute approximate surface area is 173 Å². The Bertz CT molecular complexity index is 760. The van der Waals surface area contributed by atoms with Crippen LogP contribution in [-0.4, -0.2) is 30.3 Å². The van der Waals surface area contributed by atoms with Crippen LogP contribution in [0.15, 0.2) is 48.7 Å². The first-order valence-corrected chi connectivity index (χ1v) is 11.1. The van der Waals surface area contributed by atoms with Crippen LogP contribution in [0, 0.1) is 0 Å². The van der Waals surface area contributed by atoms with Crippen LogP contribution in [0.25, 0.3) is 0 Å². The molecule has 1 atom stereocenters. The molecule has 1 spiro atoms. The van der Waals surface area contributed by atoms with Crippen molar-refractivity contribution >= 4 is 11.6 Å². The van der Waals surface area contributed by atoms with Crippen molar-refractivity contribution in [3.05, 3.63) is 64.9 Å². The molecular formula is C24H31ClN2O. The Hall–Kier alpha value is -1.42. The first-order valence-electron chi connectivity index (χ1n) is 10.7. The molecule has 1 N–H and O–H groups in total. The van der Waals surface area contributed by atoms with Crippen molar-refractivity contribution in [3.63, 3.8) is 0 Å². The fourth-order valence-corrected chi connectivity index (χ4v) is 5.39. The molecule has 150 valence electrons. The highest BCUT2D eigenvalue weighted by Gasteiger charge is 2.48. The van der Waals surface area contributed by atoms with Gasteiger partial charge in [-0.3, -0.25) is 4.98 Å². The summed E-state index contributed by atoms with van der Waals surface area (Å²) in [6.07, 6.45) is 11.3. The van der Waals surface area contributed by atoms with Crippen molar-refractivity contribution in [2.75, 3.05) is 19.7 Å². The molecule has 2 fully saturated rings. The van der Waals surface area contributed by atoms with Crippen LogP contribution in [0.4, 0.5) is 0 Å². The van der Waals surface area contributed by atoms with Crippen molar-refractivity contribution in [2.45, 2.75) is 62.4 Å². The average Bonchev–Trinajstić information content (AvgIpc) is 3.16. The van der Waals surface area contributed by atoms with Gasteiger partial charge >= 0.3 is 0 Å². The van der Waals surface area contributed by atoms with Gasteiger partial charge < -0.3 is 10.1 Å². The van der Waals surface area contributed by atoms with E-state index in [0.717, 1.165) is 50.4 Å². The zero-order chi connectivity index (χ0) is 19.3. The Balaban J connectivity index is 1.39. The van der Waals surface area contributed by atoms with Crippen LogP contribution >= 0.6 is 11.6 Å².